The van der Waals surface area contributed by atoms with Crippen molar-refractivity contribution in [2.24, 2.45) is 5.92 Å². The lowest BCUT2D eigenvalue weighted by Crippen LogP contribution is -2.34. The van der Waals surface area contributed by atoms with Crippen molar-refractivity contribution < 1.29 is 14.6 Å². The van der Waals surface area contributed by atoms with E-state index in [1.807, 2.05) is 37.3 Å². The molecule has 0 unspecified atom stereocenters. The van der Waals surface area contributed by atoms with E-state index in [2.05, 4.69) is 5.32 Å². The minimum absolute atomic E-state index is 0.0490. The molecule has 0 aromatic heterocycles. The number of rotatable bonds is 7. The van der Waals surface area contributed by atoms with Crippen LogP contribution in [0.15, 0.2) is 30.3 Å². The molecule has 122 valence electrons. The number of hydrogen-bond acceptors (Lipinski definition) is 3. The van der Waals surface area contributed by atoms with Gasteiger partial charge in [0.15, 0.2) is 0 Å². The summed E-state index contributed by atoms with van der Waals surface area (Å²) in [6.07, 6.45) is 2.87. The number of ether oxygens (including phenoxy) is 1. The summed E-state index contributed by atoms with van der Waals surface area (Å²) in [6, 6.07) is 9.86. The second-order valence-corrected chi connectivity index (χ2v) is 5.97. The van der Waals surface area contributed by atoms with Crippen molar-refractivity contribution in [3.05, 3.63) is 35.9 Å². The van der Waals surface area contributed by atoms with Gasteiger partial charge in [-0.2, -0.15) is 0 Å². The fourth-order valence-electron chi connectivity index (χ4n) is 3.06. The molecular formula is C18H27NO3. The van der Waals surface area contributed by atoms with Gasteiger partial charge in [0, 0.05) is 19.8 Å². The van der Waals surface area contributed by atoms with Crippen LogP contribution in [0, 0.1) is 5.92 Å². The zero-order chi connectivity index (χ0) is 15.8. The molecule has 0 aliphatic carbocycles. The van der Waals surface area contributed by atoms with Gasteiger partial charge in [-0.1, -0.05) is 37.3 Å². The molecule has 1 amide bonds. The van der Waals surface area contributed by atoms with Crippen LogP contribution in [0.5, 0.6) is 0 Å². The first-order chi connectivity index (χ1) is 10.7. The molecule has 0 radical (unpaired) electrons. The lowest BCUT2D eigenvalue weighted by molar-refractivity contribution is -0.122. The first-order valence-electron chi connectivity index (χ1n) is 8.30. The van der Waals surface area contributed by atoms with E-state index in [4.69, 9.17) is 4.74 Å². The fraction of sp³-hybridized carbons (Fsp3) is 0.611. The number of carbonyl (C=O) groups excluding carboxylic acids is 1. The molecule has 2 atom stereocenters. The maximum absolute atomic E-state index is 12.3. The molecule has 1 aliphatic heterocycles. The Morgan fingerprint density at radius 2 is 2.00 bits per heavy atom. The van der Waals surface area contributed by atoms with E-state index in [1.54, 1.807) is 0 Å². The monoisotopic (exact) mass is 305 g/mol. The number of hydrogen-bond donors (Lipinski definition) is 2. The highest BCUT2D eigenvalue weighted by Crippen LogP contribution is 2.21. The number of benzene rings is 1. The molecule has 1 heterocycles. The van der Waals surface area contributed by atoms with Crippen molar-refractivity contribution in [2.75, 3.05) is 19.8 Å². The van der Waals surface area contributed by atoms with Crippen molar-refractivity contribution in [1.29, 1.82) is 0 Å². The molecule has 1 saturated heterocycles. The second-order valence-electron chi connectivity index (χ2n) is 5.97. The van der Waals surface area contributed by atoms with Crippen LogP contribution in [0.4, 0.5) is 0 Å². The van der Waals surface area contributed by atoms with Crippen LogP contribution in [0.25, 0.3) is 0 Å². The van der Waals surface area contributed by atoms with E-state index >= 15 is 0 Å². The fourth-order valence-corrected chi connectivity index (χ4v) is 3.06. The zero-order valence-corrected chi connectivity index (χ0v) is 13.3. The summed E-state index contributed by atoms with van der Waals surface area (Å²) in [6.45, 7) is 4.02. The smallest absolute Gasteiger partial charge is 0.227 e. The van der Waals surface area contributed by atoms with Gasteiger partial charge in [-0.25, -0.2) is 0 Å². The maximum Gasteiger partial charge on any atom is 0.227 e. The number of aliphatic hydroxyl groups is 1. The first kappa shape index (κ1) is 17.0. The van der Waals surface area contributed by atoms with Crippen molar-refractivity contribution in [3.63, 3.8) is 0 Å². The van der Waals surface area contributed by atoms with Gasteiger partial charge in [0.1, 0.15) is 0 Å². The lowest BCUT2D eigenvalue weighted by Gasteiger charge is -2.27. The van der Waals surface area contributed by atoms with Crippen LogP contribution in [0.2, 0.25) is 0 Å². The molecule has 4 heteroatoms. The third-order valence-electron chi connectivity index (χ3n) is 4.48. The molecule has 1 aromatic carbocycles. The van der Waals surface area contributed by atoms with Gasteiger partial charge in [-0.15, -0.1) is 0 Å². The molecule has 0 bridgehead atoms. The Morgan fingerprint density at radius 3 is 2.64 bits per heavy atom. The predicted molar refractivity (Wildman–Crippen MR) is 86.7 cm³/mol. The van der Waals surface area contributed by atoms with Crippen molar-refractivity contribution in [3.8, 4) is 0 Å². The Bertz CT molecular complexity index is 443. The van der Waals surface area contributed by atoms with E-state index in [0.29, 0.717) is 18.9 Å². The minimum Gasteiger partial charge on any atom is -0.393 e. The highest BCUT2D eigenvalue weighted by molar-refractivity contribution is 5.83. The summed E-state index contributed by atoms with van der Waals surface area (Å²) in [4.78, 5) is 12.3. The Morgan fingerprint density at radius 1 is 1.32 bits per heavy atom. The van der Waals surface area contributed by atoms with Crippen LogP contribution in [-0.2, 0) is 9.53 Å². The second kappa shape index (κ2) is 8.91. The van der Waals surface area contributed by atoms with Crippen LogP contribution in [0.3, 0.4) is 0 Å². The molecule has 2 N–H and O–H groups in total. The number of nitrogens with one attached hydrogen (secondary N) is 1. The number of carbonyl (C=O) groups is 1. The van der Waals surface area contributed by atoms with Gasteiger partial charge in [0.2, 0.25) is 5.91 Å². The van der Waals surface area contributed by atoms with Gasteiger partial charge in [0.25, 0.3) is 0 Å². The highest BCUT2D eigenvalue weighted by atomic mass is 16.5. The van der Waals surface area contributed by atoms with Crippen LogP contribution in [-0.4, -0.2) is 36.9 Å². The van der Waals surface area contributed by atoms with Crippen molar-refractivity contribution >= 4 is 5.91 Å². The first-order valence-corrected chi connectivity index (χ1v) is 8.30. The van der Waals surface area contributed by atoms with Crippen molar-refractivity contribution in [2.45, 2.75) is 44.6 Å². The molecule has 22 heavy (non-hydrogen) atoms. The van der Waals surface area contributed by atoms with Crippen LogP contribution >= 0.6 is 0 Å². The zero-order valence-electron chi connectivity index (χ0n) is 13.3. The maximum atomic E-state index is 12.3. The van der Waals surface area contributed by atoms with Crippen LogP contribution < -0.4 is 5.32 Å². The standard InChI is InChI=1S/C18H27NO3/c1-2-16(14-6-4-3-5-7-14)18(21)19-11-8-17(20)15-9-12-22-13-10-15/h3-7,15-17,20H,2,8-13H2,1H3,(H,19,21)/t16-,17+/m0/s1. The van der Waals surface area contributed by atoms with Gasteiger partial charge in [-0.05, 0) is 37.2 Å². The summed E-state index contributed by atoms with van der Waals surface area (Å²) in [5, 5.41) is 13.2. The van der Waals surface area contributed by atoms with E-state index < -0.39 is 0 Å². The van der Waals surface area contributed by atoms with Crippen LogP contribution in [0.1, 0.15) is 44.1 Å². The number of aliphatic hydroxyl groups excluding tert-OH is 1. The van der Waals surface area contributed by atoms with Gasteiger partial charge < -0.3 is 15.2 Å². The number of amides is 1. The van der Waals surface area contributed by atoms with Gasteiger partial charge in [0.05, 0.1) is 12.0 Å². The molecule has 0 saturated carbocycles. The average molecular weight is 305 g/mol. The SMILES string of the molecule is CC[C@H](C(=O)NCC[C@@H](O)C1CCOCC1)c1ccccc1. The molecule has 1 aromatic rings. The molecule has 1 fully saturated rings. The van der Waals surface area contributed by atoms with Gasteiger partial charge >= 0.3 is 0 Å². The minimum atomic E-state index is -0.346. The molecule has 0 spiro atoms. The molecule has 4 nitrogen and oxygen atoms in total. The summed E-state index contributed by atoms with van der Waals surface area (Å²) < 4.78 is 5.31. The average Bonchev–Trinajstić information content (AvgIpc) is 2.57. The Balaban J connectivity index is 1.76. The Labute approximate surface area is 132 Å². The summed E-state index contributed by atoms with van der Waals surface area (Å²) in [5.74, 6) is 0.246. The van der Waals surface area contributed by atoms with Gasteiger partial charge in [-0.3, -0.25) is 4.79 Å². The van der Waals surface area contributed by atoms with E-state index in [0.717, 1.165) is 38.0 Å². The predicted octanol–water partition coefficient (Wildman–Crippen LogP) is 2.47. The third kappa shape index (κ3) is 4.82. The summed E-state index contributed by atoms with van der Waals surface area (Å²) >= 11 is 0. The van der Waals surface area contributed by atoms with E-state index in [9.17, 15) is 9.90 Å². The highest BCUT2D eigenvalue weighted by Gasteiger charge is 2.23. The third-order valence-corrected chi connectivity index (χ3v) is 4.48. The van der Waals surface area contributed by atoms with E-state index in [1.165, 1.54) is 0 Å². The summed E-state index contributed by atoms with van der Waals surface area (Å²) in [7, 11) is 0. The van der Waals surface area contributed by atoms with E-state index in [-0.39, 0.29) is 17.9 Å². The topological polar surface area (TPSA) is 58.6 Å². The Hall–Kier alpha value is -1.39. The Kier molecular flexibility index (Phi) is 6.87. The lowest BCUT2D eigenvalue weighted by atomic mass is 9.92. The normalized spacial score (nSPS) is 18.6. The molecule has 2 rings (SSSR count). The quantitative estimate of drug-likeness (QED) is 0.813. The van der Waals surface area contributed by atoms with Crippen molar-refractivity contribution in [1.82, 2.24) is 5.32 Å². The largest absolute Gasteiger partial charge is 0.393 e. The summed E-state index contributed by atoms with van der Waals surface area (Å²) in [5.41, 5.74) is 1.05. The molecule has 1 aliphatic rings. The molecular weight excluding hydrogens is 278 g/mol.